The molecule has 1 amide bonds. The van der Waals surface area contributed by atoms with Gasteiger partial charge in [0.25, 0.3) is 0 Å². The third-order valence-corrected chi connectivity index (χ3v) is 6.78. The highest BCUT2D eigenvalue weighted by Crippen LogP contribution is 2.47. The summed E-state index contributed by atoms with van der Waals surface area (Å²) in [5.74, 6) is -2.04. The number of carbonyl (C=O) groups is 3. The number of nitrogens with one attached hydrogen (secondary N) is 1. The molecule has 1 aliphatic carbocycles. The second-order valence-corrected chi connectivity index (χ2v) is 9.36. The summed E-state index contributed by atoms with van der Waals surface area (Å²) < 4.78 is 51.1. The quantitative estimate of drug-likeness (QED) is 0.399. The molecule has 1 N–H and O–H groups in total. The first-order valence-electron chi connectivity index (χ1n) is 11.1. The number of alkyl halides is 3. The van der Waals surface area contributed by atoms with Crippen molar-refractivity contribution in [2.45, 2.75) is 65.1 Å². The van der Waals surface area contributed by atoms with Crippen molar-refractivity contribution in [2.75, 3.05) is 18.5 Å². The average molecular weight is 536 g/mol. The Kier molecular flexibility index (Phi) is 8.47. The lowest BCUT2D eigenvalue weighted by atomic mass is 10.1. The van der Waals surface area contributed by atoms with Crippen LogP contribution in [0.4, 0.5) is 18.2 Å². The Hall–Kier alpha value is -2.60. The summed E-state index contributed by atoms with van der Waals surface area (Å²) in [7, 11) is 0. The standard InChI is InChI=1S/C22H25ClF3N3O5S/c1-4-10-34-20(31)14-11(3)17(21(32)33-5-2)35-19(14)27-13(30)8-9-29-16(12-6-7-12)15(23)18(28-29)22(24,25)26/h12H,4-10H2,1-3H3,(H,27,30). The average Bonchev–Trinajstić information content (AvgIpc) is 3.48. The summed E-state index contributed by atoms with van der Waals surface area (Å²) in [6.07, 6.45) is -2.96. The van der Waals surface area contributed by atoms with E-state index in [0.29, 0.717) is 24.8 Å². The molecule has 13 heteroatoms. The number of aromatic nitrogens is 2. The first kappa shape index (κ1) is 27.0. The van der Waals surface area contributed by atoms with E-state index in [2.05, 4.69) is 10.4 Å². The highest BCUT2D eigenvalue weighted by Gasteiger charge is 2.42. The van der Waals surface area contributed by atoms with Gasteiger partial charge in [-0.1, -0.05) is 18.5 Å². The molecule has 1 fully saturated rings. The van der Waals surface area contributed by atoms with Crippen LogP contribution in [0.2, 0.25) is 5.02 Å². The van der Waals surface area contributed by atoms with Crippen LogP contribution in [0.5, 0.6) is 0 Å². The van der Waals surface area contributed by atoms with Crippen LogP contribution in [0, 0.1) is 6.92 Å². The fourth-order valence-corrected chi connectivity index (χ4v) is 4.96. The molecule has 0 atom stereocenters. The number of nitrogens with zero attached hydrogens (tertiary/aromatic N) is 2. The van der Waals surface area contributed by atoms with Gasteiger partial charge in [0.15, 0.2) is 5.69 Å². The van der Waals surface area contributed by atoms with Crippen LogP contribution >= 0.6 is 22.9 Å². The molecule has 2 heterocycles. The lowest BCUT2D eigenvalue weighted by molar-refractivity contribution is -0.141. The van der Waals surface area contributed by atoms with Gasteiger partial charge in [0.2, 0.25) is 5.91 Å². The Balaban J connectivity index is 1.81. The molecule has 0 aliphatic heterocycles. The fraction of sp³-hybridized carbons (Fsp3) is 0.545. The second kappa shape index (κ2) is 11.0. The monoisotopic (exact) mass is 535 g/mol. The van der Waals surface area contributed by atoms with Crippen LogP contribution in [0.15, 0.2) is 0 Å². The molecule has 192 valence electrons. The first-order chi connectivity index (χ1) is 16.5. The van der Waals surface area contributed by atoms with Crippen molar-refractivity contribution in [1.29, 1.82) is 0 Å². The van der Waals surface area contributed by atoms with E-state index < -0.39 is 34.7 Å². The Labute approximate surface area is 208 Å². The van der Waals surface area contributed by atoms with Crippen molar-refractivity contribution in [3.63, 3.8) is 0 Å². The molecular formula is C22H25ClF3N3O5S. The number of amides is 1. The number of carbonyl (C=O) groups excluding carboxylic acids is 3. The molecule has 35 heavy (non-hydrogen) atoms. The van der Waals surface area contributed by atoms with Gasteiger partial charge in [-0.15, -0.1) is 11.3 Å². The molecular weight excluding hydrogens is 511 g/mol. The maximum atomic E-state index is 13.3. The molecule has 0 bridgehead atoms. The Morgan fingerprint density at radius 3 is 2.46 bits per heavy atom. The van der Waals surface area contributed by atoms with Gasteiger partial charge in [-0.25, -0.2) is 9.59 Å². The summed E-state index contributed by atoms with van der Waals surface area (Å²) in [6, 6.07) is 0. The molecule has 2 aromatic heterocycles. The van der Waals surface area contributed by atoms with E-state index in [1.54, 1.807) is 13.8 Å². The number of halogens is 4. The number of anilines is 1. The molecule has 2 aromatic rings. The predicted molar refractivity (Wildman–Crippen MR) is 123 cm³/mol. The molecule has 3 rings (SSSR count). The minimum Gasteiger partial charge on any atom is -0.462 e. The van der Waals surface area contributed by atoms with E-state index in [1.807, 2.05) is 6.92 Å². The topological polar surface area (TPSA) is 99.5 Å². The largest absolute Gasteiger partial charge is 0.462 e. The summed E-state index contributed by atoms with van der Waals surface area (Å²) in [4.78, 5) is 37.8. The van der Waals surface area contributed by atoms with Crippen LogP contribution in [-0.2, 0) is 27.0 Å². The van der Waals surface area contributed by atoms with Crippen molar-refractivity contribution in [3.05, 3.63) is 32.4 Å². The van der Waals surface area contributed by atoms with E-state index in [4.69, 9.17) is 21.1 Å². The number of thiophene rings is 1. The molecule has 0 saturated heterocycles. The van der Waals surface area contributed by atoms with Gasteiger partial charge in [-0.2, -0.15) is 18.3 Å². The van der Waals surface area contributed by atoms with Gasteiger partial charge < -0.3 is 14.8 Å². The van der Waals surface area contributed by atoms with E-state index >= 15 is 0 Å². The molecule has 0 spiro atoms. The Morgan fingerprint density at radius 1 is 1.20 bits per heavy atom. The number of hydrogen-bond donors (Lipinski definition) is 1. The third-order valence-electron chi connectivity index (χ3n) is 5.22. The molecule has 1 aliphatic rings. The number of hydrogen-bond acceptors (Lipinski definition) is 7. The SMILES string of the molecule is CCCOC(=O)c1c(NC(=O)CCn2nc(C(F)(F)F)c(Cl)c2C2CC2)sc(C(=O)OCC)c1C. The summed E-state index contributed by atoms with van der Waals surface area (Å²) in [6.45, 7) is 5.15. The highest BCUT2D eigenvalue weighted by atomic mass is 35.5. The normalized spacial score (nSPS) is 13.6. The Bertz CT molecular complexity index is 1120. The van der Waals surface area contributed by atoms with Gasteiger partial charge in [-0.3, -0.25) is 9.48 Å². The summed E-state index contributed by atoms with van der Waals surface area (Å²) in [5, 5.41) is 5.87. The van der Waals surface area contributed by atoms with Gasteiger partial charge in [0, 0.05) is 12.3 Å². The summed E-state index contributed by atoms with van der Waals surface area (Å²) in [5.41, 5.74) is -0.544. The van der Waals surface area contributed by atoms with Crippen molar-refractivity contribution in [2.24, 2.45) is 0 Å². The molecule has 0 aromatic carbocycles. The van der Waals surface area contributed by atoms with E-state index in [0.717, 1.165) is 16.0 Å². The van der Waals surface area contributed by atoms with E-state index in [9.17, 15) is 27.6 Å². The zero-order chi connectivity index (χ0) is 25.9. The first-order valence-corrected chi connectivity index (χ1v) is 12.3. The molecule has 8 nitrogen and oxygen atoms in total. The minimum atomic E-state index is -4.71. The number of rotatable bonds is 10. The second-order valence-electron chi connectivity index (χ2n) is 7.96. The molecule has 0 radical (unpaired) electrons. The number of ether oxygens (including phenoxy) is 2. The lowest BCUT2D eigenvalue weighted by Gasteiger charge is -2.09. The number of esters is 2. The van der Waals surface area contributed by atoms with Crippen LogP contribution < -0.4 is 5.32 Å². The van der Waals surface area contributed by atoms with Crippen LogP contribution in [0.3, 0.4) is 0 Å². The Morgan fingerprint density at radius 2 is 1.89 bits per heavy atom. The third kappa shape index (κ3) is 6.16. The van der Waals surface area contributed by atoms with Gasteiger partial charge in [0.05, 0.1) is 36.0 Å². The fourth-order valence-electron chi connectivity index (χ4n) is 3.45. The number of aryl methyl sites for hydroxylation is 1. The van der Waals surface area contributed by atoms with Gasteiger partial charge in [0.1, 0.15) is 9.88 Å². The highest BCUT2D eigenvalue weighted by molar-refractivity contribution is 7.18. The maximum Gasteiger partial charge on any atom is 0.436 e. The summed E-state index contributed by atoms with van der Waals surface area (Å²) >= 11 is 6.84. The van der Waals surface area contributed by atoms with Crippen LogP contribution in [-0.4, -0.2) is 40.8 Å². The smallest absolute Gasteiger partial charge is 0.436 e. The van der Waals surface area contributed by atoms with Crippen molar-refractivity contribution in [3.8, 4) is 0 Å². The molecule has 1 saturated carbocycles. The molecule has 0 unspecified atom stereocenters. The van der Waals surface area contributed by atoms with Gasteiger partial charge >= 0.3 is 18.1 Å². The van der Waals surface area contributed by atoms with E-state index in [-0.39, 0.29) is 53.2 Å². The van der Waals surface area contributed by atoms with Crippen molar-refractivity contribution in [1.82, 2.24) is 9.78 Å². The lowest BCUT2D eigenvalue weighted by Crippen LogP contribution is -2.18. The van der Waals surface area contributed by atoms with Crippen LogP contribution in [0.25, 0.3) is 0 Å². The van der Waals surface area contributed by atoms with Crippen LogP contribution in [0.1, 0.15) is 82.4 Å². The zero-order valence-electron chi connectivity index (χ0n) is 19.4. The van der Waals surface area contributed by atoms with Crippen molar-refractivity contribution < 1.29 is 37.0 Å². The maximum absolute atomic E-state index is 13.3. The van der Waals surface area contributed by atoms with E-state index in [1.165, 1.54) is 0 Å². The zero-order valence-corrected chi connectivity index (χ0v) is 21.0. The minimum absolute atomic E-state index is 0.0417. The van der Waals surface area contributed by atoms with Crippen molar-refractivity contribution >= 4 is 45.8 Å². The predicted octanol–water partition coefficient (Wildman–Crippen LogP) is 5.57. The van der Waals surface area contributed by atoms with Gasteiger partial charge in [-0.05, 0) is 38.7 Å².